The Morgan fingerprint density at radius 2 is 1.77 bits per heavy atom. The van der Waals surface area contributed by atoms with Crippen LogP contribution < -0.4 is 14.4 Å². The third-order valence-electron chi connectivity index (χ3n) is 6.44. The van der Waals surface area contributed by atoms with Crippen molar-refractivity contribution in [1.29, 1.82) is 0 Å². The summed E-state index contributed by atoms with van der Waals surface area (Å²) in [6, 6.07) is 17.4. The molecule has 2 heterocycles. The van der Waals surface area contributed by atoms with Crippen LogP contribution in [-0.2, 0) is 11.3 Å². The van der Waals surface area contributed by atoms with Gasteiger partial charge in [0, 0.05) is 31.5 Å². The average Bonchev–Trinajstić information content (AvgIpc) is 3.50. The summed E-state index contributed by atoms with van der Waals surface area (Å²) < 4.78 is 17.4. The molecule has 2 aromatic carbocycles. The Morgan fingerprint density at radius 1 is 1.00 bits per heavy atom. The highest BCUT2D eigenvalue weighted by Gasteiger charge is 2.26. The highest BCUT2D eigenvalue weighted by Crippen LogP contribution is 2.36. The summed E-state index contributed by atoms with van der Waals surface area (Å²) in [6.45, 7) is 10.5. The summed E-state index contributed by atoms with van der Waals surface area (Å²) in [6.07, 6.45) is 3.72. The van der Waals surface area contributed by atoms with Gasteiger partial charge in [-0.3, -0.25) is 4.90 Å². The van der Waals surface area contributed by atoms with Crippen LogP contribution in [0.3, 0.4) is 0 Å². The van der Waals surface area contributed by atoms with Crippen LogP contribution in [0.1, 0.15) is 38.7 Å². The predicted molar refractivity (Wildman–Crippen MR) is 125 cm³/mol. The van der Waals surface area contributed by atoms with E-state index in [1.54, 1.807) is 0 Å². The molecule has 2 aliphatic rings. The first kappa shape index (κ1) is 22.0. The summed E-state index contributed by atoms with van der Waals surface area (Å²) in [7, 11) is 0. The molecule has 0 saturated carbocycles. The maximum absolute atomic E-state index is 6.21. The van der Waals surface area contributed by atoms with Crippen LogP contribution in [0.2, 0.25) is 0 Å². The smallest absolute Gasteiger partial charge is 0.231 e. The molecule has 2 aromatic rings. The second-order valence-electron chi connectivity index (χ2n) is 8.85. The van der Waals surface area contributed by atoms with E-state index in [-0.39, 0.29) is 0 Å². The number of hydrogen-bond acceptors (Lipinski definition) is 5. The lowest BCUT2D eigenvalue weighted by atomic mass is 10.1. The van der Waals surface area contributed by atoms with Crippen LogP contribution in [-0.4, -0.2) is 50.6 Å². The minimum absolute atomic E-state index is 0.303. The molecule has 2 atom stereocenters. The van der Waals surface area contributed by atoms with Crippen molar-refractivity contribution in [2.75, 3.05) is 44.5 Å². The normalized spacial score (nSPS) is 17.6. The first-order valence-corrected chi connectivity index (χ1v) is 11.7. The van der Waals surface area contributed by atoms with Gasteiger partial charge in [0.2, 0.25) is 6.79 Å². The first-order valence-electron chi connectivity index (χ1n) is 11.7. The molecule has 0 N–H and O–H groups in total. The van der Waals surface area contributed by atoms with Crippen LogP contribution in [0.15, 0.2) is 48.5 Å². The Bertz CT molecular complexity index is 808. The zero-order valence-electron chi connectivity index (χ0n) is 19.0. The van der Waals surface area contributed by atoms with Gasteiger partial charge in [-0.1, -0.05) is 50.6 Å². The van der Waals surface area contributed by atoms with Crippen LogP contribution >= 0.6 is 0 Å². The Morgan fingerprint density at radius 3 is 2.55 bits per heavy atom. The van der Waals surface area contributed by atoms with Gasteiger partial charge in [-0.05, 0) is 49.5 Å². The molecule has 0 radical (unpaired) electrons. The van der Waals surface area contributed by atoms with Gasteiger partial charge in [-0.25, -0.2) is 0 Å². The molecule has 31 heavy (non-hydrogen) atoms. The fourth-order valence-electron chi connectivity index (χ4n) is 4.30. The molecule has 0 aromatic heterocycles. The summed E-state index contributed by atoms with van der Waals surface area (Å²) in [5.41, 5.74) is 2.47. The van der Waals surface area contributed by atoms with Crippen molar-refractivity contribution in [3.63, 3.8) is 0 Å². The zero-order chi connectivity index (χ0) is 21.5. The summed E-state index contributed by atoms with van der Waals surface area (Å²) in [5.74, 6) is 2.27. The van der Waals surface area contributed by atoms with Gasteiger partial charge in [-0.2, -0.15) is 0 Å². The number of hydrogen-bond donors (Lipinski definition) is 0. The lowest BCUT2D eigenvalue weighted by Gasteiger charge is -2.34. The van der Waals surface area contributed by atoms with Gasteiger partial charge in [0.15, 0.2) is 11.5 Å². The molecule has 1 fully saturated rings. The highest BCUT2D eigenvalue weighted by molar-refractivity contribution is 5.57. The average molecular weight is 425 g/mol. The SMILES string of the molecule is CCC(C)COCC(CN(Cc1ccccc1)c1ccc2c(c1)OCO2)N1CCCC1. The van der Waals surface area contributed by atoms with Gasteiger partial charge in [-0.15, -0.1) is 0 Å². The maximum atomic E-state index is 6.21. The molecule has 0 spiro atoms. The second kappa shape index (κ2) is 10.9. The summed E-state index contributed by atoms with van der Waals surface area (Å²) in [4.78, 5) is 5.08. The van der Waals surface area contributed by atoms with Crippen molar-refractivity contribution >= 4 is 5.69 Å². The van der Waals surface area contributed by atoms with E-state index in [1.165, 1.54) is 24.1 Å². The van der Waals surface area contributed by atoms with E-state index in [0.717, 1.165) is 57.3 Å². The molecular weight excluding hydrogens is 388 g/mol. The van der Waals surface area contributed by atoms with Gasteiger partial charge >= 0.3 is 0 Å². The van der Waals surface area contributed by atoms with Gasteiger partial charge in [0.25, 0.3) is 0 Å². The molecule has 168 valence electrons. The molecule has 0 bridgehead atoms. The number of ether oxygens (including phenoxy) is 3. The van der Waals surface area contributed by atoms with Crippen LogP contribution in [0.5, 0.6) is 11.5 Å². The first-order chi connectivity index (χ1) is 15.2. The number of nitrogens with zero attached hydrogens (tertiary/aromatic N) is 2. The monoisotopic (exact) mass is 424 g/mol. The quantitative estimate of drug-likeness (QED) is 0.510. The van der Waals surface area contributed by atoms with Crippen molar-refractivity contribution in [3.05, 3.63) is 54.1 Å². The number of anilines is 1. The summed E-state index contributed by atoms with van der Waals surface area (Å²) >= 11 is 0. The number of benzene rings is 2. The van der Waals surface area contributed by atoms with E-state index in [2.05, 4.69) is 66.1 Å². The van der Waals surface area contributed by atoms with Gasteiger partial charge in [0.05, 0.1) is 12.6 Å². The van der Waals surface area contributed by atoms with Crippen LogP contribution in [0.4, 0.5) is 5.69 Å². The fraction of sp³-hybridized carbons (Fsp3) is 0.538. The Labute approximate surface area is 186 Å². The minimum atomic E-state index is 0.303. The Hall–Kier alpha value is -2.24. The van der Waals surface area contributed by atoms with Crippen LogP contribution in [0, 0.1) is 5.92 Å². The van der Waals surface area contributed by atoms with E-state index < -0.39 is 0 Å². The third-order valence-corrected chi connectivity index (χ3v) is 6.44. The molecule has 1 saturated heterocycles. The Balaban J connectivity index is 1.53. The minimum Gasteiger partial charge on any atom is -0.454 e. The van der Waals surface area contributed by atoms with E-state index >= 15 is 0 Å². The second-order valence-corrected chi connectivity index (χ2v) is 8.85. The van der Waals surface area contributed by atoms with Crippen molar-refractivity contribution < 1.29 is 14.2 Å². The van der Waals surface area contributed by atoms with Gasteiger partial charge < -0.3 is 19.1 Å². The molecule has 0 aliphatic carbocycles. The maximum Gasteiger partial charge on any atom is 0.231 e. The van der Waals surface area contributed by atoms with Gasteiger partial charge in [0.1, 0.15) is 0 Å². The molecule has 5 heteroatoms. The zero-order valence-corrected chi connectivity index (χ0v) is 19.0. The summed E-state index contributed by atoms with van der Waals surface area (Å²) in [5, 5.41) is 0. The lowest BCUT2D eigenvalue weighted by molar-refractivity contribution is 0.0530. The third kappa shape index (κ3) is 5.92. The largest absolute Gasteiger partial charge is 0.454 e. The topological polar surface area (TPSA) is 34.2 Å². The lowest BCUT2D eigenvalue weighted by Crippen LogP contribution is -2.45. The van der Waals surface area contributed by atoms with E-state index in [9.17, 15) is 0 Å². The molecule has 2 aliphatic heterocycles. The van der Waals surface area contributed by atoms with Crippen molar-refractivity contribution in [2.45, 2.75) is 45.7 Å². The number of likely N-dealkylation sites (tertiary alicyclic amines) is 1. The molecule has 2 unspecified atom stereocenters. The molecule has 0 amide bonds. The highest BCUT2D eigenvalue weighted by atomic mass is 16.7. The molecular formula is C26H36N2O3. The molecule has 5 nitrogen and oxygen atoms in total. The number of fused-ring (bicyclic) bond motifs is 1. The van der Waals surface area contributed by atoms with E-state index in [4.69, 9.17) is 14.2 Å². The van der Waals surface area contributed by atoms with Crippen LogP contribution in [0.25, 0.3) is 0 Å². The predicted octanol–water partition coefficient (Wildman–Crippen LogP) is 4.95. The van der Waals surface area contributed by atoms with Crippen molar-refractivity contribution in [3.8, 4) is 11.5 Å². The fourth-order valence-corrected chi connectivity index (χ4v) is 4.30. The standard InChI is InChI=1S/C26H36N2O3/c1-3-21(2)18-29-19-24(27-13-7-8-14-27)17-28(16-22-9-5-4-6-10-22)23-11-12-25-26(15-23)31-20-30-25/h4-6,9-12,15,21,24H,3,7-8,13-14,16-20H2,1-2H3. The Kier molecular flexibility index (Phi) is 7.71. The number of rotatable bonds is 11. The van der Waals surface area contributed by atoms with E-state index in [0.29, 0.717) is 18.8 Å². The molecule has 4 rings (SSSR count). The van der Waals surface area contributed by atoms with E-state index in [1.807, 2.05) is 6.07 Å². The van der Waals surface area contributed by atoms with Crippen molar-refractivity contribution in [1.82, 2.24) is 4.90 Å². The van der Waals surface area contributed by atoms with Crippen molar-refractivity contribution in [2.24, 2.45) is 5.92 Å².